The number of rotatable bonds is 1. The Morgan fingerprint density at radius 1 is 1.50 bits per heavy atom. The van der Waals surface area contributed by atoms with E-state index in [0.717, 1.165) is 6.26 Å². The van der Waals surface area contributed by atoms with Crippen LogP contribution in [0.2, 0.25) is 0 Å². The smallest absolute Gasteiger partial charge is 0.315 e. The van der Waals surface area contributed by atoms with Gasteiger partial charge < -0.3 is 4.42 Å². The molecule has 2 aromatic rings. The van der Waals surface area contributed by atoms with Gasteiger partial charge in [0.2, 0.25) is 9.84 Å². The van der Waals surface area contributed by atoms with Crippen molar-refractivity contribution in [2.75, 3.05) is 6.26 Å². The third kappa shape index (κ3) is 1.53. The zero-order valence-corrected chi connectivity index (χ0v) is 9.46. The normalized spacial score (nSPS) is 12.1. The number of pyridine rings is 1. The number of hydrogen-bond donors (Lipinski definition) is 0. The Hall–Kier alpha value is -0.950. The molecule has 2 heterocycles. The van der Waals surface area contributed by atoms with E-state index >= 15 is 0 Å². The first kappa shape index (κ1) is 9.60. The minimum atomic E-state index is -3.41. The van der Waals surface area contributed by atoms with Crippen LogP contribution in [0.3, 0.4) is 0 Å². The molecular formula is C7H5BrN2O3S. The van der Waals surface area contributed by atoms with Gasteiger partial charge in [0.15, 0.2) is 10.2 Å². The van der Waals surface area contributed by atoms with E-state index in [1.165, 1.54) is 6.20 Å². The van der Waals surface area contributed by atoms with Gasteiger partial charge in [-0.05, 0) is 22.0 Å². The van der Waals surface area contributed by atoms with E-state index < -0.39 is 9.84 Å². The van der Waals surface area contributed by atoms with Crippen molar-refractivity contribution >= 4 is 36.9 Å². The van der Waals surface area contributed by atoms with E-state index in [1.54, 1.807) is 6.07 Å². The summed E-state index contributed by atoms with van der Waals surface area (Å²) >= 11 is 3.14. The molecule has 5 nitrogen and oxygen atoms in total. The minimum Gasteiger partial charge on any atom is -0.425 e. The summed E-state index contributed by atoms with van der Waals surface area (Å²) in [5.74, 6) is 0. The molecule has 0 aliphatic carbocycles. The molecule has 2 aromatic heterocycles. The van der Waals surface area contributed by atoms with Crippen LogP contribution < -0.4 is 0 Å². The topological polar surface area (TPSA) is 73.1 Å². The van der Waals surface area contributed by atoms with Gasteiger partial charge in [-0.3, -0.25) is 0 Å². The average Bonchev–Trinajstić information content (AvgIpc) is 2.48. The Balaban J connectivity index is 2.81. The summed E-state index contributed by atoms with van der Waals surface area (Å²) < 4.78 is 27.7. The summed E-state index contributed by atoms with van der Waals surface area (Å²) in [5, 5.41) is -0.291. The van der Waals surface area contributed by atoms with Gasteiger partial charge in [0.05, 0.1) is 0 Å². The van der Waals surface area contributed by atoms with Gasteiger partial charge in [0.1, 0.15) is 5.52 Å². The van der Waals surface area contributed by atoms with E-state index in [0.29, 0.717) is 15.7 Å². The molecule has 0 saturated heterocycles. The van der Waals surface area contributed by atoms with Crippen LogP contribution in [0.5, 0.6) is 0 Å². The Morgan fingerprint density at radius 2 is 2.21 bits per heavy atom. The standard InChI is InChI=1S/C7H5BrN2O3S/c1-14(11,12)7-10-4-2-3-9-6(8)5(4)13-7/h2-3H,1H3. The van der Waals surface area contributed by atoms with Gasteiger partial charge in [0.25, 0.3) is 0 Å². The van der Waals surface area contributed by atoms with Crippen LogP contribution in [-0.4, -0.2) is 24.6 Å². The highest BCUT2D eigenvalue weighted by Gasteiger charge is 2.17. The molecular weight excluding hydrogens is 272 g/mol. The van der Waals surface area contributed by atoms with Crippen LogP contribution in [0.4, 0.5) is 0 Å². The molecule has 0 saturated carbocycles. The predicted octanol–water partition coefficient (Wildman–Crippen LogP) is 1.39. The third-order valence-corrected chi connectivity index (χ3v) is 2.93. The average molecular weight is 277 g/mol. The summed E-state index contributed by atoms with van der Waals surface area (Å²) in [6.45, 7) is 0. The number of nitrogens with zero attached hydrogens (tertiary/aromatic N) is 2. The van der Waals surface area contributed by atoms with E-state index in [-0.39, 0.29) is 5.22 Å². The lowest BCUT2D eigenvalue weighted by Gasteiger charge is -1.87. The monoisotopic (exact) mass is 276 g/mol. The number of halogens is 1. The highest BCUT2D eigenvalue weighted by atomic mass is 79.9. The van der Waals surface area contributed by atoms with Crippen LogP contribution in [-0.2, 0) is 9.84 Å². The Labute approximate surface area is 88.2 Å². The summed E-state index contributed by atoms with van der Waals surface area (Å²) in [5.41, 5.74) is 0.806. The maximum atomic E-state index is 11.1. The molecule has 0 bridgehead atoms. The first-order chi connectivity index (χ1) is 6.48. The van der Waals surface area contributed by atoms with Crippen molar-refractivity contribution in [1.29, 1.82) is 0 Å². The van der Waals surface area contributed by atoms with Crippen LogP contribution in [0.25, 0.3) is 11.1 Å². The van der Waals surface area contributed by atoms with Crippen molar-refractivity contribution in [3.63, 3.8) is 0 Å². The van der Waals surface area contributed by atoms with Gasteiger partial charge in [-0.1, -0.05) is 0 Å². The van der Waals surface area contributed by atoms with Crippen molar-refractivity contribution in [1.82, 2.24) is 9.97 Å². The van der Waals surface area contributed by atoms with E-state index in [2.05, 4.69) is 25.9 Å². The molecule has 0 N–H and O–H groups in total. The second-order valence-corrected chi connectivity index (χ2v) is 5.35. The lowest BCUT2D eigenvalue weighted by Crippen LogP contribution is -1.96. The minimum absolute atomic E-state index is 0.291. The summed E-state index contributed by atoms with van der Waals surface area (Å²) in [6.07, 6.45) is 2.56. The van der Waals surface area contributed by atoms with Gasteiger partial charge in [0, 0.05) is 12.5 Å². The molecule has 0 unspecified atom stereocenters. The van der Waals surface area contributed by atoms with Gasteiger partial charge in [-0.15, -0.1) is 0 Å². The van der Waals surface area contributed by atoms with Crippen LogP contribution >= 0.6 is 15.9 Å². The van der Waals surface area contributed by atoms with E-state index in [4.69, 9.17) is 4.42 Å². The molecule has 0 aliphatic rings. The first-order valence-electron chi connectivity index (χ1n) is 3.59. The van der Waals surface area contributed by atoms with Gasteiger partial charge >= 0.3 is 5.22 Å². The second-order valence-electron chi connectivity index (χ2n) is 2.70. The fourth-order valence-electron chi connectivity index (χ4n) is 0.963. The molecule has 0 spiro atoms. The van der Waals surface area contributed by atoms with Crippen molar-refractivity contribution in [2.45, 2.75) is 5.22 Å². The summed E-state index contributed by atoms with van der Waals surface area (Å²) in [6, 6.07) is 1.58. The Kier molecular flexibility index (Phi) is 2.07. The molecule has 0 amide bonds. The molecule has 0 radical (unpaired) electrons. The zero-order valence-electron chi connectivity index (χ0n) is 7.06. The Bertz CT molecular complexity index is 590. The number of fused-ring (bicyclic) bond motifs is 1. The number of aromatic nitrogens is 2. The largest absolute Gasteiger partial charge is 0.425 e. The van der Waals surface area contributed by atoms with Gasteiger partial charge in [-0.25, -0.2) is 13.4 Å². The van der Waals surface area contributed by atoms with Crippen LogP contribution in [0.15, 0.2) is 26.5 Å². The van der Waals surface area contributed by atoms with Crippen molar-refractivity contribution < 1.29 is 12.8 Å². The summed E-state index contributed by atoms with van der Waals surface area (Å²) in [4.78, 5) is 7.71. The molecule has 14 heavy (non-hydrogen) atoms. The molecule has 0 fully saturated rings. The predicted molar refractivity (Wildman–Crippen MR) is 52.6 cm³/mol. The quantitative estimate of drug-likeness (QED) is 0.736. The molecule has 2 rings (SSSR count). The van der Waals surface area contributed by atoms with E-state index in [9.17, 15) is 8.42 Å². The van der Waals surface area contributed by atoms with Crippen LogP contribution in [0.1, 0.15) is 0 Å². The highest BCUT2D eigenvalue weighted by Crippen LogP contribution is 2.23. The zero-order chi connectivity index (χ0) is 10.3. The lowest BCUT2D eigenvalue weighted by molar-refractivity contribution is 0.459. The number of sulfone groups is 1. The number of hydrogen-bond acceptors (Lipinski definition) is 5. The van der Waals surface area contributed by atoms with Crippen molar-refractivity contribution in [3.8, 4) is 0 Å². The molecule has 0 aromatic carbocycles. The fraction of sp³-hybridized carbons (Fsp3) is 0.143. The lowest BCUT2D eigenvalue weighted by atomic mass is 10.4. The highest BCUT2D eigenvalue weighted by molar-refractivity contribution is 9.10. The fourth-order valence-corrected chi connectivity index (χ4v) is 1.86. The van der Waals surface area contributed by atoms with Gasteiger partial charge in [-0.2, -0.15) is 4.98 Å². The number of oxazole rings is 1. The second kappa shape index (κ2) is 3.03. The maximum Gasteiger partial charge on any atom is 0.315 e. The maximum absolute atomic E-state index is 11.1. The first-order valence-corrected chi connectivity index (χ1v) is 6.28. The summed E-state index contributed by atoms with van der Waals surface area (Å²) in [7, 11) is -3.41. The van der Waals surface area contributed by atoms with E-state index in [1.807, 2.05) is 0 Å². The van der Waals surface area contributed by atoms with Crippen LogP contribution in [0, 0.1) is 0 Å². The third-order valence-electron chi connectivity index (χ3n) is 1.56. The Morgan fingerprint density at radius 3 is 2.79 bits per heavy atom. The molecule has 0 aliphatic heterocycles. The van der Waals surface area contributed by atoms with Crippen molar-refractivity contribution in [2.24, 2.45) is 0 Å². The molecule has 0 atom stereocenters. The molecule has 7 heteroatoms. The van der Waals surface area contributed by atoms with Crippen molar-refractivity contribution in [3.05, 3.63) is 16.9 Å². The SMILES string of the molecule is CS(=O)(=O)c1nc2ccnc(Br)c2o1. The molecule has 74 valence electrons.